The fourth-order valence-electron chi connectivity index (χ4n) is 1.87. The molecule has 3 rings (SSSR count). The second-order valence-electron chi connectivity index (χ2n) is 3.72. The molecule has 0 radical (unpaired) electrons. The minimum atomic E-state index is 0.352. The predicted octanol–water partition coefficient (Wildman–Crippen LogP) is 2.22. The van der Waals surface area contributed by atoms with Gasteiger partial charge in [0.15, 0.2) is 11.5 Å². The Kier molecular flexibility index (Phi) is 2.46. The van der Waals surface area contributed by atoms with Gasteiger partial charge >= 0.3 is 0 Å². The molecule has 2 heterocycles. The van der Waals surface area contributed by atoms with Crippen molar-refractivity contribution in [2.75, 3.05) is 13.3 Å². The van der Waals surface area contributed by atoms with E-state index in [0.29, 0.717) is 12.2 Å². The standard InChI is InChI=1S/C11H13NO2S/c1-2-11(12-5-1)15-8-3-4-9-10(6-8)14-7-13-9/h3-4,6,11-12H,1-2,5,7H2. The third kappa shape index (κ3) is 1.92. The molecule has 0 bridgehead atoms. The van der Waals surface area contributed by atoms with E-state index in [0.717, 1.165) is 18.0 Å². The fraction of sp³-hybridized carbons (Fsp3) is 0.455. The van der Waals surface area contributed by atoms with E-state index in [-0.39, 0.29) is 0 Å². The molecule has 0 spiro atoms. The molecule has 3 nitrogen and oxygen atoms in total. The molecule has 1 saturated heterocycles. The number of rotatable bonds is 2. The Balaban J connectivity index is 1.75. The summed E-state index contributed by atoms with van der Waals surface area (Å²) in [7, 11) is 0. The van der Waals surface area contributed by atoms with E-state index in [1.807, 2.05) is 17.8 Å². The van der Waals surface area contributed by atoms with E-state index >= 15 is 0 Å². The van der Waals surface area contributed by atoms with Crippen molar-refractivity contribution in [3.63, 3.8) is 0 Å². The van der Waals surface area contributed by atoms with Crippen LogP contribution in [0, 0.1) is 0 Å². The van der Waals surface area contributed by atoms with Gasteiger partial charge in [-0.1, -0.05) is 0 Å². The van der Waals surface area contributed by atoms with Crippen LogP contribution in [0.4, 0.5) is 0 Å². The molecule has 15 heavy (non-hydrogen) atoms. The van der Waals surface area contributed by atoms with Crippen LogP contribution in [-0.2, 0) is 0 Å². The highest BCUT2D eigenvalue weighted by Gasteiger charge is 2.18. The van der Waals surface area contributed by atoms with Crippen LogP contribution >= 0.6 is 11.8 Å². The second kappa shape index (κ2) is 3.94. The van der Waals surface area contributed by atoms with Crippen LogP contribution in [0.15, 0.2) is 23.1 Å². The number of fused-ring (bicyclic) bond motifs is 1. The average molecular weight is 223 g/mol. The first-order valence-corrected chi connectivity index (χ1v) is 6.09. The third-order valence-corrected chi connectivity index (χ3v) is 3.85. The predicted molar refractivity (Wildman–Crippen MR) is 59.4 cm³/mol. The first-order chi connectivity index (χ1) is 7.42. The molecular formula is C11H13NO2S. The smallest absolute Gasteiger partial charge is 0.231 e. The molecule has 1 fully saturated rings. The Morgan fingerprint density at radius 3 is 3.07 bits per heavy atom. The first-order valence-electron chi connectivity index (χ1n) is 5.21. The van der Waals surface area contributed by atoms with Gasteiger partial charge in [-0.25, -0.2) is 0 Å². The van der Waals surface area contributed by atoms with Crippen molar-refractivity contribution in [2.24, 2.45) is 0 Å². The third-order valence-electron chi connectivity index (χ3n) is 2.64. The molecule has 4 heteroatoms. The van der Waals surface area contributed by atoms with Gasteiger partial charge in [-0.3, -0.25) is 0 Å². The van der Waals surface area contributed by atoms with Gasteiger partial charge < -0.3 is 14.8 Å². The highest BCUT2D eigenvalue weighted by atomic mass is 32.2. The van der Waals surface area contributed by atoms with Crippen LogP contribution < -0.4 is 14.8 Å². The number of ether oxygens (including phenoxy) is 2. The molecule has 0 amide bonds. The Labute approximate surface area is 93.1 Å². The van der Waals surface area contributed by atoms with E-state index in [2.05, 4.69) is 17.4 Å². The number of benzene rings is 1. The maximum Gasteiger partial charge on any atom is 0.231 e. The van der Waals surface area contributed by atoms with Crippen LogP contribution in [0.2, 0.25) is 0 Å². The summed E-state index contributed by atoms with van der Waals surface area (Å²) in [4.78, 5) is 1.25. The monoisotopic (exact) mass is 223 g/mol. The highest BCUT2D eigenvalue weighted by molar-refractivity contribution is 7.99. The lowest BCUT2D eigenvalue weighted by atomic mass is 10.3. The Morgan fingerprint density at radius 1 is 1.27 bits per heavy atom. The molecule has 1 N–H and O–H groups in total. The zero-order valence-electron chi connectivity index (χ0n) is 8.36. The number of hydrogen-bond acceptors (Lipinski definition) is 4. The van der Waals surface area contributed by atoms with Gasteiger partial charge in [0, 0.05) is 4.90 Å². The molecule has 80 valence electrons. The summed E-state index contributed by atoms with van der Waals surface area (Å²) in [5.74, 6) is 1.73. The zero-order valence-corrected chi connectivity index (χ0v) is 9.18. The molecule has 2 aliphatic rings. The van der Waals surface area contributed by atoms with Gasteiger partial charge in [0.2, 0.25) is 6.79 Å². The van der Waals surface area contributed by atoms with Crippen molar-refractivity contribution in [1.82, 2.24) is 5.32 Å². The van der Waals surface area contributed by atoms with Gasteiger partial charge in [-0.15, -0.1) is 11.8 Å². The zero-order chi connectivity index (χ0) is 10.1. The molecule has 1 aromatic carbocycles. The van der Waals surface area contributed by atoms with E-state index in [9.17, 15) is 0 Å². The van der Waals surface area contributed by atoms with Crippen LogP contribution in [-0.4, -0.2) is 18.7 Å². The topological polar surface area (TPSA) is 30.5 Å². The van der Waals surface area contributed by atoms with Crippen molar-refractivity contribution in [1.29, 1.82) is 0 Å². The quantitative estimate of drug-likeness (QED) is 0.832. The van der Waals surface area contributed by atoms with Crippen molar-refractivity contribution < 1.29 is 9.47 Å². The number of thioether (sulfide) groups is 1. The van der Waals surface area contributed by atoms with Crippen molar-refractivity contribution in [3.8, 4) is 11.5 Å². The second-order valence-corrected chi connectivity index (χ2v) is 4.99. The molecule has 2 aliphatic heterocycles. The van der Waals surface area contributed by atoms with Crippen molar-refractivity contribution in [3.05, 3.63) is 18.2 Å². The molecule has 1 unspecified atom stereocenters. The molecular weight excluding hydrogens is 210 g/mol. The summed E-state index contributed by atoms with van der Waals surface area (Å²) in [6, 6.07) is 6.14. The Hall–Kier alpha value is -0.870. The first kappa shape index (κ1) is 9.36. The summed E-state index contributed by atoms with van der Waals surface area (Å²) < 4.78 is 10.6. The molecule has 0 aliphatic carbocycles. The van der Waals surface area contributed by atoms with Crippen LogP contribution in [0.25, 0.3) is 0 Å². The maximum atomic E-state index is 5.35. The summed E-state index contributed by atoms with van der Waals surface area (Å²) in [5, 5.41) is 4.02. The van der Waals surface area contributed by atoms with Gasteiger partial charge in [-0.2, -0.15) is 0 Å². The summed E-state index contributed by atoms with van der Waals surface area (Å²) >= 11 is 1.87. The lowest BCUT2D eigenvalue weighted by molar-refractivity contribution is 0.174. The number of nitrogens with one attached hydrogen (secondary N) is 1. The SMILES string of the molecule is c1cc2c(cc1SC1CCCN1)OCO2. The van der Waals surface area contributed by atoms with Gasteiger partial charge in [-0.05, 0) is 37.6 Å². The normalized spacial score (nSPS) is 23.3. The lowest BCUT2D eigenvalue weighted by Crippen LogP contribution is -2.16. The minimum Gasteiger partial charge on any atom is -0.454 e. The van der Waals surface area contributed by atoms with Gasteiger partial charge in [0.25, 0.3) is 0 Å². The number of hydrogen-bond donors (Lipinski definition) is 1. The van der Waals surface area contributed by atoms with Crippen LogP contribution in [0.5, 0.6) is 11.5 Å². The Morgan fingerprint density at radius 2 is 2.20 bits per heavy atom. The summed E-state index contributed by atoms with van der Waals surface area (Å²) in [6.07, 6.45) is 2.53. The molecule has 1 aromatic rings. The highest BCUT2D eigenvalue weighted by Crippen LogP contribution is 2.37. The maximum absolute atomic E-state index is 5.35. The van der Waals surface area contributed by atoms with E-state index in [4.69, 9.17) is 9.47 Å². The van der Waals surface area contributed by atoms with Crippen LogP contribution in [0.3, 0.4) is 0 Å². The molecule has 0 aromatic heterocycles. The minimum absolute atomic E-state index is 0.352. The van der Waals surface area contributed by atoms with Gasteiger partial charge in [0.05, 0.1) is 5.37 Å². The molecule has 1 atom stereocenters. The average Bonchev–Trinajstić information content (AvgIpc) is 2.87. The largest absolute Gasteiger partial charge is 0.454 e. The Bertz CT molecular complexity index is 364. The van der Waals surface area contributed by atoms with E-state index in [1.165, 1.54) is 17.7 Å². The summed E-state index contributed by atoms with van der Waals surface area (Å²) in [6.45, 7) is 1.49. The van der Waals surface area contributed by atoms with E-state index in [1.54, 1.807) is 0 Å². The summed E-state index contributed by atoms with van der Waals surface area (Å²) in [5.41, 5.74) is 0. The van der Waals surface area contributed by atoms with E-state index < -0.39 is 0 Å². The van der Waals surface area contributed by atoms with Gasteiger partial charge in [0.1, 0.15) is 0 Å². The van der Waals surface area contributed by atoms with Crippen molar-refractivity contribution >= 4 is 11.8 Å². The van der Waals surface area contributed by atoms with Crippen LogP contribution in [0.1, 0.15) is 12.8 Å². The lowest BCUT2D eigenvalue weighted by Gasteiger charge is -2.09. The fourth-order valence-corrected chi connectivity index (χ4v) is 3.00. The molecule has 0 saturated carbocycles. The van der Waals surface area contributed by atoms with Crippen molar-refractivity contribution in [2.45, 2.75) is 23.1 Å².